The van der Waals surface area contributed by atoms with Gasteiger partial charge in [0.25, 0.3) is 0 Å². The highest BCUT2D eigenvalue weighted by molar-refractivity contribution is 7.99. The third-order valence-electron chi connectivity index (χ3n) is 2.84. The van der Waals surface area contributed by atoms with Crippen LogP contribution in [0.15, 0.2) is 40.1 Å². The van der Waals surface area contributed by atoms with Gasteiger partial charge in [-0.05, 0) is 30.3 Å². The number of anilines is 2. The summed E-state index contributed by atoms with van der Waals surface area (Å²) in [6.07, 6.45) is -4.37. The molecule has 2 aromatic rings. The molecule has 0 saturated heterocycles. The van der Waals surface area contributed by atoms with E-state index < -0.39 is 11.7 Å². The molecule has 0 spiro atoms. The lowest BCUT2D eigenvalue weighted by Gasteiger charge is -2.23. The van der Waals surface area contributed by atoms with E-state index in [-0.39, 0.29) is 0 Å². The monoisotopic (exact) mass is 335 g/mol. The molecule has 0 unspecified atom stereocenters. The van der Waals surface area contributed by atoms with Gasteiger partial charge in [-0.1, -0.05) is 35.0 Å². The van der Waals surface area contributed by atoms with E-state index in [1.165, 1.54) is 17.8 Å². The number of benzene rings is 2. The number of fused-ring (bicyclic) bond motifs is 2. The highest BCUT2D eigenvalue weighted by Gasteiger charge is 2.32. The molecule has 7 heteroatoms. The third kappa shape index (κ3) is 2.34. The van der Waals surface area contributed by atoms with Crippen molar-refractivity contribution in [2.24, 2.45) is 0 Å². The van der Waals surface area contributed by atoms with Crippen molar-refractivity contribution in [1.29, 1.82) is 0 Å². The van der Waals surface area contributed by atoms with Crippen molar-refractivity contribution in [2.45, 2.75) is 16.0 Å². The largest absolute Gasteiger partial charge is 0.416 e. The van der Waals surface area contributed by atoms with Gasteiger partial charge in [-0.3, -0.25) is 0 Å². The Balaban J connectivity index is 2.09. The van der Waals surface area contributed by atoms with Crippen LogP contribution in [0, 0.1) is 0 Å². The van der Waals surface area contributed by atoms with E-state index in [2.05, 4.69) is 5.32 Å². The van der Waals surface area contributed by atoms with Crippen LogP contribution in [0.4, 0.5) is 24.5 Å². The maximum atomic E-state index is 12.7. The molecule has 20 heavy (non-hydrogen) atoms. The number of rotatable bonds is 0. The quantitative estimate of drug-likeness (QED) is 0.523. The Morgan fingerprint density at radius 3 is 2.40 bits per heavy atom. The van der Waals surface area contributed by atoms with Crippen LogP contribution in [-0.2, 0) is 6.18 Å². The average Bonchev–Trinajstić information content (AvgIpc) is 2.40. The number of hydrogen-bond donors (Lipinski definition) is 1. The van der Waals surface area contributed by atoms with Crippen molar-refractivity contribution in [3.8, 4) is 0 Å². The van der Waals surface area contributed by atoms with Crippen LogP contribution in [0.5, 0.6) is 0 Å². The first-order valence-electron chi connectivity index (χ1n) is 5.50. The fourth-order valence-electron chi connectivity index (χ4n) is 1.88. The van der Waals surface area contributed by atoms with Crippen LogP contribution in [0.3, 0.4) is 0 Å². The maximum Gasteiger partial charge on any atom is 0.416 e. The lowest BCUT2D eigenvalue weighted by molar-refractivity contribution is -0.137. The van der Waals surface area contributed by atoms with Crippen LogP contribution in [0.1, 0.15) is 5.56 Å². The summed E-state index contributed by atoms with van der Waals surface area (Å²) in [5, 5.41) is 3.95. The fraction of sp³-hybridized carbons (Fsp3) is 0.0769. The van der Waals surface area contributed by atoms with Crippen molar-refractivity contribution in [2.75, 3.05) is 5.32 Å². The van der Waals surface area contributed by atoms with Crippen molar-refractivity contribution >= 4 is 46.3 Å². The van der Waals surface area contributed by atoms with Crippen LogP contribution < -0.4 is 5.32 Å². The topological polar surface area (TPSA) is 12.0 Å². The highest BCUT2D eigenvalue weighted by atomic mass is 35.5. The van der Waals surface area contributed by atoms with Crippen LogP contribution in [0.2, 0.25) is 10.0 Å². The molecule has 0 radical (unpaired) electrons. The molecule has 0 fully saturated rings. The first-order chi connectivity index (χ1) is 9.36. The third-order valence-corrected chi connectivity index (χ3v) is 4.77. The number of hydrogen-bond acceptors (Lipinski definition) is 2. The summed E-state index contributed by atoms with van der Waals surface area (Å²) in [7, 11) is 0. The zero-order valence-corrected chi connectivity index (χ0v) is 12.0. The first-order valence-corrected chi connectivity index (χ1v) is 7.07. The second-order valence-corrected chi connectivity index (χ2v) is 6.04. The molecule has 104 valence electrons. The Morgan fingerprint density at radius 1 is 1.00 bits per heavy atom. The molecule has 0 atom stereocenters. The molecule has 2 aromatic carbocycles. The van der Waals surface area contributed by atoms with Crippen LogP contribution in [-0.4, -0.2) is 0 Å². The molecular weight excluding hydrogens is 330 g/mol. The van der Waals surface area contributed by atoms with Crippen molar-refractivity contribution in [3.05, 3.63) is 45.9 Å². The molecule has 0 amide bonds. The summed E-state index contributed by atoms with van der Waals surface area (Å²) < 4.78 is 38.2. The van der Waals surface area contributed by atoms with E-state index in [0.29, 0.717) is 31.2 Å². The van der Waals surface area contributed by atoms with Gasteiger partial charge in [0.1, 0.15) is 0 Å². The predicted molar refractivity (Wildman–Crippen MR) is 75.3 cm³/mol. The van der Waals surface area contributed by atoms with Gasteiger partial charge in [-0.2, -0.15) is 13.2 Å². The van der Waals surface area contributed by atoms with E-state index in [1.54, 1.807) is 12.1 Å². The predicted octanol–water partition coefficient (Wildman–Crippen LogP) is 6.22. The molecule has 1 nitrogen and oxygen atoms in total. The van der Waals surface area contributed by atoms with Gasteiger partial charge in [0.2, 0.25) is 0 Å². The summed E-state index contributed by atoms with van der Waals surface area (Å²) in [5.74, 6) is 0. The van der Waals surface area contributed by atoms with E-state index >= 15 is 0 Å². The Kier molecular flexibility index (Phi) is 3.31. The minimum atomic E-state index is -4.37. The molecule has 1 aliphatic heterocycles. The lowest BCUT2D eigenvalue weighted by Crippen LogP contribution is -2.07. The molecule has 0 saturated carbocycles. The fourth-order valence-corrected chi connectivity index (χ4v) is 3.48. The van der Waals surface area contributed by atoms with Crippen LogP contribution in [0.25, 0.3) is 0 Å². The minimum absolute atomic E-state index is 0.449. The number of halogens is 5. The van der Waals surface area contributed by atoms with Gasteiger partial charge in [-0.25, -0.2) is 0 Å². The smallest absolute Gasteiger partial charge is 0.352 e. The molecule has 0 aliphatic carbocycles. The van der Waals surface area contributed by atoms with Gasteiger partial charge < -0.3 is 5.32 Å². The van der Waals surface area contributed by atoms with E-state index in [4.69, 9.17) is 23.2 Å². The van der Waals surface area contributed by atoms with Gasteiger partial charge in [0.15, 0.2) is 0 Å². The number of nitrogens with one attached hydrogen (secondary N) is 1. The van der Waals surface area contributed by atoms with Gasteiger partial charge in [-0.15, -0.1) is 0 Å². The van der Waals surface area contributed by atoms with Gasteiger partial charge in [0.05, 0.1) is 31.9 Å². The van der Waals surface area contributed by atoms with E-state index in [0.717, 1.165) is 12.1 Å². The lowest BCUT2D eigenvalue weighted by atomic mass is 10.2. The first kappa shape index (κ1) is 13.9. The highest BCUT2D eigenvalue weighted by Crippen LogP contribution is 2.50. The second-order valence-electron chi connectivity index (χ2n) is 4.17. The molecule has 1 N–H and O–H groups in total. The van der Waals surface area contributed by atoms with Crippen molar-refractivity contribution < 1.29 is 13.2 Å². The summed E-state index contributed by atoms with van der Waals surface area (Å²) in [4.78, 5) is 1.10. The van der Waals surface area contributed by atoms with E-state index in [9.17, 15) is 13.2 Å². The Hall–Kier alpha value is -1.04. The Morgan fingerprint density at radius 2 is 1.70 bits per heavy atom. The molecule has 0 aromatic heterocycles. The molecule has 3 rings (SSSR count). The van der Waals surface area contributed by atoms with Gasteiger partial charge in [0, 0.05) is 4.90 Å². The molecule has 0 bridgehead atoms. The Bertz CT molecular complexity index is 701. The molecule has 1 heterocycles. The normalized spacial score (nSPS) is 13.4. The number of alkyl halides is 3. The standard InChI is InChI=1S/C13H6Cl2F3NS/c14-7-2-3-8(15)12-11(7)19-9-4-1-6(13(16,17)18)5-10(9)20-12/h1-5,19H. The van der Waals surface area contributed by atoms with Crippen molar-refractivity contribution in [3.63, 3.8) is 0 Å². The zero-order valence-electron chi connectivity index (χ0n) is 9.68. The SMILES string of the molecule is FC(F)(F)c1ccc2c(c1)Sc1c(Cl)ccc(Cl)c1N2. The van der Waals surface area contributed by atoms with Crippen molar-refractivity contribution in [1.82, 2.24) is 0 Å². The maximum absolute atomic E-state index is 12.7. The molecule has 1 aliphatic rings. The summed E-state index contributed by atoms with van der Waals surface area (Å²) in [5.41, 5.74) is 0.517. The summed E-state index contributed by atoms with van der Waals surface area (Å²) in [6, 6.07) is 6.80. The minimum Gasteiger partial charge on any atom is -0.352 e. The second kappa shape index (κ2) is 4.76. The summed E-state index contributed by atoms with van der Waals surface area (Å²) in [6.45, 7) is 0. The molecular formula is C13H6Cl2F3NS. The Labute approximate surface area is 127 Å². The van der Waals surface area contributed by atoms with Gasteiger partial charge >= 0.3 is 6.18 Å². The zero-order chi connectivity index (χ0) is 14.5. The van der Waals surface area contributed by atoms with Crippen LogP contribution >= 0.6 is 35.0 Å². The average molecular weight is 336 g/mol. The summed E-state index contributed by atoms with van der Waals surface area (Å²) >= 11 is 13.3. The van der Waals surface area contributed by atoms with E-state index in [1.807, 2.05) is 0 Å².